The molecule has 5 heteroatoms. The average Bonchev–Trinajstić information content (AvgIpc) is 2.96. The van der Waals surface area contributed by atoms with E-state index in [-0.39, 0.29) is 11.5 Å². The molecule has 4 nitrogen and oxygen atoms in total. The normalized spacial score (nSPS) is 10.8. The predicted molar refractivity (Wildman–Crippen MR) is 74.0 cm³/mol. The lowest BCUT2D eigenvalue weighted by Crippen LogP contribution is -2.23. The van der Waals surface area contributed by atoms with Gasteiger partial charge in [-0.25, -0.2) is 0 Å². The van der Waals surface area contributed by atoms with Crippen LogP contribution in [0, 0.1) is 11.3 Å². The number of amides is 1. The van der Waals surface area contributed by atoms with Crippen LogP contribution in [0.3, 0.4) is 0 Å². The second kappa shape index (κ2) is 6.47. The topological polar surface area (TPSA) is 65.8 Å². The molecule has 0 fully saturated rings. The molecule has 0 radical (unpaired) electrons. The number of nitrogens with one attached hydrogen (secondary N) is 1. The summed E-state index contributed by atoms with van der Waals surface area (Å²) in [4.78, 5) is 16.5. The first-order valence-electron chi connectivity index (χ1n) is 5.62. The van der Waals surface area contributed by atoms with Gasteiger partial charge < -0.3 is 5.32 Å². The quantitative estimate of drug-likeness (QED) is 0.684. The smallest absolute Gasteiger partial charge is 0.262 e. The van der Waals surface area contributed by atoms with E-state index < -0.39 is 0 Å². The van der Waals surface area contributed by atoms with Crippen molar-refractivity contribution >= 4 is 23.3 Å². The highest BCUT2D eigenvalue weighted by atomic mass is 32.1. The SMILES string of the molecule is N#C/C(=C\c1cncs1)C(=O)NCc1ccccc1. The summed E-state index contributed by atoms with van der Waals surface area (Å²) < 4.78 is 0. The molecule has 0 saturated heterocycles. The van der Waals surface area contributed by atoms with Crippen LogP contribution in [0.1, 0.15) is 10.4 Å². The van der Waals surface area contributed by atoms with Crippen LogP contribution in [0.15, 0.2) is 47.6 Å². The molecule has 0 bridgehead atoms. The van der Waals surface area contributed by atoms with E-state index in [0.717, 1.165) is 10.4 Å². The maximum absolute atomic E-state index is 11.9. The Morgan fingerprint density at radius 3 is 2.84 bits per heavy atom. The summed E-state index contributed by atoms with van der Waals surface area (Å²) in [6.45, 7) is 0.404. The summed E-state index contributed by atoms with van der Waals surface area (Å²) in [7, 11) is 0. The van der Waals surface area contributed by atoms with Gasteiger partial charge in [-0.3, -0.25) is 9.78 Å². The number of carbonyl (C=O) groups is 1. The van der Waals surface area contributed by atoms with Crippen molar-refractivity contribution in [3.05, 3.63) is 58.1 Å². The highest BCUT2D eigenvalue weighted by Crippen LogP contribution is 2.11. The molecule has 1 aromatic carbocycles. The van der Waals surface area contributed by atoms with E-state index in [1.807, 2.05) is 36.4 Å². The lowest BCUT2D eigenvalue weighted by atomic mass is 10.2. The number of nitriles is 1. The summed E-state index contributed by atoms with van der Waals surface area (Å²) in [5.41, 5.74) is 2.73. The Bertz CT molecular complexity index is 612. The standard InChI is InChI=1S/C14H11N3OS/c15-7-12(6-13-9-16-10-19-13)14(18)17-8-11-4-2-1-3-5-11/h1-6,9-10H,8H2,(H,17,18)/b12-6+. The zero-order chi connectivity index (χ0) is 13.5. The highest BCUT2D eigenvalue weighted by molar-refractivity contribution is 7.10. The maximum atomic E-state index is 11.9. The number of carbonyl (C=O) groups excluding carboxylic acids is 1. The molecule has 0 aliphatic heterocycles. The van der Waals surface area contributed by atoms with Crippen molar-refractivity contribution < 1.29 is 4.79 Å². The number of nitrogens with zero attached hydrogens (tertiary/aromatic N) is 2. The number of hydrogen-bond donors (Lipinski definition) is 1. The summed E-state index contributed by atoms with van der Waals surface area (Å²) in [6.07, 6.45) is 3.16. The van der Waals surface area contributed by atoms with E-state index in [4.69, 9.17) is 5.26 Å². The van der Waals surface area contributed by atoms with Crippen LogP contribution in [-0.4, -0.2) is 10.9 Å². The maximum Gasteiger partial charge on any atom is 0.262 e. The van der Waals surface area contributed by atoms with Crippen LogP contribution < -0.4 is 5.32 Å². The number of aromatic nitrogens is 1. The fourth-order valence-corrected chi connectivity index (χ4v) is 2.01. The molecule has 94 valence electrons. The third-order valence-electron chi connectivity index (χ3n) is 2.40. The third-order valence-corrected chi connectivity index (χ3v) is 3.12. The van der Waals surface area contributed by atoms with E-state index in [2.05, 4.69) is 10.3 Å². The Morgan fingerprint density at radius 1 is 1.42 bits per heavy atom. The first-order chi connectivity index (χ1) is 9.29. The zero-order valence-corrected chi connectivity index (χ0v) is 10.9. The number of thiazole rings is 1. The Labute approximate surface area is 115 Å². The largest absolute Gasteiger partial charge is 0.347 e. The van der Waals surface area contributed by atoms with Gasteiger partial charge in [-0.15, -0.1) is 11.3 Å². The van der Waals surface area contributed by atoms with Crippen molar-refractivity contribution in [3.8, 4) is 6.07 Å². The molecule has 1 amide bonds. The van der Waals surface area contributed by atoms with Gasteiger partial charge >= 0.3 is 0 Å². The third kappa shape index (κ3) is 3.76. The second-order valence-electron chi connectivity index (χ2n) is 3.74. The molecule has 0 atom stereocenters. The lowest BCUT2D eigenvalue weighted by Gasteiger charge is -2.03. The Balaban J connectivity index is 2.01. The van der Waals surface area contributed by atoms with E-state index in [1.54, 1.807) is 11.7 Å². The van der Waals surface area contributed by atoms with Gasteiger partial charge in [0.15, 0.2) is 0 Å². The first kappa shape index (κ1) is 13.0. The van der Waals surface area contributed by atoms with Gasteiger partial charge in [-0.1, -0.05) is 30.3 Å². The van der Waals surface area contributed by atoms with Crippen molar-refractivity contribution in [2.24, 2.45) is 0 Å². The van der Waals surface area contributed by atoms with E-state index in [9.17, 15) is 4.79 Å². The van der Waals surface area contributed by atoms with Crippen LogP contribution in [0.2, 0.25) is 0 Å². The molecule has 0 spiro atoms. The molecule has 0 unspecified atom stereocenters. The lowest BCUT2D eigenvalue weighted by molar-refractivity contribution is -0.117. The van der Waals surface area contributed by atoms with Crippen molar-refractivity contribution in [3.63, 3.8) is 0 Å². The van der Waals surface area contributed by atoms with Crippen molar-refractivity contribution in [2.45, 2.75) is 6.54 Å². The predicted octanol–water partition coefficient (Wildman–Crippen LogP) is 2.37. The molecule has 1 N–H and O–H groups in total. The average molecular weight is 269 g/mol. The molecule has 0 saturated carbocycles. The monoisotopic (exact) mass is 269 g/mol. The zero-order valence-electron chi connectivity index (χ0n) is 10.0. The van der Waals surface area contributed by atoms with Gasteiger partial charge in [0.25, 0.3) is 5.91 Å². The van der Waals surface area contributed by atoms with Crippen molar-refractivity contribution in [2.75, 3.05) is 0 Å². The molecule has 2 rings (SSSR count). The molecular weight excluding hydrogens is 258 g/mol. The summed E-state index contributed by atoms with van der Waals surface area (Å²) in [5.74, 6) is -0.375. The Hall–Kier alpha value is -2.45. The van der Waals surface area contributed by atoms with Gasteiger partial charge in [-0.2, -0.15) is 5.26 Å². The fraction of sp³-hybridized carbons (Fsp3) is 0.0714. The first-order valence-corrected chi connectivity index (χ1v) is 6.50. The van der Waals surface area contributed by atoms with Crippen LogP contribution in [0.4, 0.5) is 0 Å². The van der Waals surface area contributed by atoms with Crippen molar-refractivity contribution in [1.29, 1.82) is 5.26 Å². The molecule has 1 aromatic heterocycles. The van der Waals surface area contributed by atoms with Crippen LogP contribution in [-0.2, 0) is 11.3 Å². The molecule has 1 heterocycles. The molecule has 2 aromatic rings. The van der Waals surface area contributed by atoms with E-state index in [0.29, 0.717) is 6.54 Å². The highest BCUT2D eigenvalue weighted by Gasteiger charge is 2.08. The number of benzene rings is 1. The van der Waals surface area contributed by atoms with Crippen LogP contribution in [0.5, 0.6) is 0 Å². The van der Waals surface area contributed by atoms with E-state index in [1.165, 1.54) is 17.4 Å². The number of rotatable bonds is 4. The van der Waals surface area contributed by atoms with Gasteiger partial charge in [0.1, 0.15) is 11.6 Å². The van der Waals surface area contributed by atoms with Crippen LogP contribution >= 0.6 is 11.3 Å². The minimum absolute atomic E-state index is 0.0835. The minimum atomic E-state index is -0.375. The van der Waals surface area contributed by atoms with Crippen LogP contribution in [0.25, 0.3) is 6.08 Å². The molecule has 19 heavy (non-hydrogen) atoms. The Morgan fingerprint density at radius 2 is 2.21 bits per heavy atom. The van der Waals surface area contributed by atoms with Crippen molar-refractivity contribution in [1.82, 2.24) is 10.3 Å². The van der Waals surface area contributed by atoms with Gasteiger partial charge in [0.05, 0.1) is 5.51 Å². The Kier molecular flexibility index (Phi) is 4.43. The summed E-state index contributed by atoms with van der Waals surface area (Å²) in [5, 5.41) is 11.7. The van der Waals surface area contributed by atoms with Gasteiger partial charge in [0.2, 0.25) is 0 Å². The minimum Gasteiger partial charge on any atom is -0.347 e. The summed E-state index contributed by atoms with van der Waals surface area (Å²) in [6, 6.07) is 11.5. The second-order valence-corrected chi connectivity index (χ2v) is 4.66. The fourth-order valence-electron chi connectivity index (χ4n) is 1.46. The molecular formula is C14H11N3OS. The van der Waals surface area contributed by atoms with E-state index >= 15 is 0 Å². The number of hydrogen-bond acceptors (Lipinski definition) is 4. The molecule has 0 aliphatic carbocycles. The summed E-state index contributed by atoms with van der Waals surface area (Å²) >= 11 is 1.38. The van der Waals surface area contributed by atoms with Gasteiger partial charge in [0, 0.05) is 17.6 Å². The van der Waals surface area contributed by atoms with Gasteiger partial charge in [-0.05, 0) is 11.6 Å². The molecule has 0 aliphatic rings.